The van der Waals surface area contributed by atoms with Crippen LogP contribution in [0.25, 0.3) is 0 Å². The lowest BCUT2D eigenvalue weighted by atomic mass is 9.86. The molecule has 4 bridgehead atoms. The number of hydrogen-bond acceptors (Lipinski definition) is 10. The van der Waals surface area contributed by atoms with Crippen molar-refractivity contribution in [1.82, 2.24) is 0 Å². The second-order valence-corrected chi connectivity index (χ2v) is 29.9. The summed E-state index contributed by atoms with van der Waals surface area (Å²) in [6, 6.07) is 0. The Hall–Kier alpha value is -2.65. The molecular formula is C71H128O10. The van der Waals surface area contributed by atoms with E-state index in [-0.39, 0.29) is 56.9 Å². The molecule has 10 nitrogen and oxygen atoms in total. The van der Waals surface area contributed by atoms with E-state index in [0.717, 1.165) is 92.8 Å². The zero-order valence-electron chi connectivity index (χ0n) is 55.4. The average Bonchev–Trinajstić information content (AvgIpc) is 4.32. The van der Waals surface area contributed by atoms with Crippen LogP contribution in [0.15, 0.2) is 0 Å². The summed E-state index contributed by atoms with van der Waals surface area (Å²) < 4.78 is 27.0. The van der Waals surface area contributed by atoms with E-state index in [9.17, 15) is 24.0 Å². The summed E-state index contributed by atoms with van der Waals surface area (Å²) in [6.07, 6.45) is 40.0. The third-order valence-corrected chi connectivity index (χ3v) is 21.5. The third-order valence-electron chi connectivity index (χ3n) is 21.5. The molecule has 472 valence electrons. The molecule has 0 N–H and O–H groups in total. The van der Waals surface area contributed by atoms with Crippen LogP contribution >= 0.6 is 0 Å². The van der Waals surface area contributed by atoms with Gasteiger partial charge in [0.2, 0.25) is 0 Å². The van der Waals surface area contributed by atoms with E-state index in [1.54, 1.807) is 0 Å². The van der Waals surface area contributed by atoms with Gasteiger partial charge in [0, 0.05) is 0 Å². The van der Waals surface area contributed by atoms with Gasteiger partial charge in [-0.05, 0) is 232 Å². The van der Waals surface area contributed by atoms with Gasteiger partial charge in [0.05, 0.1) is 60.1 Å². The maximum Gasteiger partial charge on any atom is 0.311 e. The van der Waals surface area contributed by atoms with E-state index in [4.69, 9.17) is 23.7 Å². The zero-order chi connectivity index (χ0) is 60.3. The van der Waals surface area contributed by atoms with Crippen molar-refractivity contribution >= 4 is 29.8 Å². The summed E-state index contributed by atoms with van der Waals surface area (Å²) in [5.41, 5.74) is -1.56. The maximum absolute atomic E-state index is 11.8. The molecule has 0 aromatic carbocycles. The second-order valence-electron chi connectivity index (χ2n) is 29.9. The van der Waals surface area contributed by atoms with E-state index in [1.165, 1.54) is 154 Å². The molecule has 7 aliphatic carbocycles. The fourth-order valence-corrected chi connectivity index (χ4v) is 12.8. The topological polar surface area (TPSA) is 132 Å². The molecule has 81 heavy (non-hydrogen) atoms. The van der Waals surface area contributed by atoms with E-state index in [2.05, 4.69) is 0 Å². The Bertz CT molecular complexity index is 1790. The van der Waals surface area contributed by atoms with Crippen LogP contribution < -0.4 is 0 Å². The lowest BCUT2D eigenvalue weighted by Crippen LogP contribution is -2.28. The predicted octanol–water partition coefficient (Wildman–Crippen LogP) is 19.0. The highest BCUT2D eigenvalue weighted by atomic mass is 16.5. The normalized spacial score (nSPS) is 24.1. The van der Waals surface area contributed by atoms with Gasteiger partial charge in [-0.3, -0.25) is 24.0 Å². The number of rotatable bonds is 24. The molecule has 0 radical (unpaired) electrons. The molecule has 0 heterocycles. The summed E-state index contributed by atoms with van der Waals surface area (Å²) in [5, 5.41) is 0. The molecule has 7 rings (SSSR count). The van der Waals surface area contributed by atoms with Crippen molar-refractivity contribution in [3.63, 3.8) is 0 Å². The number of fused-ring (bicyclic) bond motifs is 4. The highest BCUT2D eigenvalue weighted by Crippen LogP contribution is 2.50. The van der Waals surface area contributed by atoms with Crippen molar-refractivity contribution in [2.45, 2.75) is 309 Å². The Labute approximate surface area is 498 Å². The lowest BCUT2D eigenvalue weighted by molar-refractivity contribution is -0.156. The first kappa shape index (κ1) is 72.6. The molecule has 0 aromatic heterocycles. The first-order valence-corrected chi connectivity index (χ1v) is 34.1. The standard InChI is InChI=1S/C15H26O2.C15H28O2.C14H24O2.C14H26O2.C13H24O2/c1-4-15(2,3)14(16)17-8-7-13-10-11-5-6-12(13)9-11;1-4-15(2,3)14(16)17-12-8-11-13-9-6-5-7-10-13;1-4-14(2,3)13(15)16-9-12-8-10-5-6-11(12)7-10;1-4-14(2,3)13(15)16-11-10-12-8-6-5-7-9-12;1-4-13(2,3)12(14)15-10-11-8-6-5-7-9-11/h11-13H,4-10H2,1-3H3;13H,4-12H2,1-3H3;10-12H,4-9H2,1-3H3;12H,4-11H2,1-3H3;11H,4-10H2,1-3H3. The first-order valence-electron chi connectivity index (χ1n) is 34.1. The summed E-state index contributed by atoms with van der Waals surface area (Å²) in [5.74, 6) is 7.39. The van der Waals surface area contributed by atoms with E-state index in [1.807, 2.05) is 104 Å². The molecule has 10 heteroatoms. The molecule has 7 saturated carbocycles. The first-order chi connectivity index (χ1) is 38.2. The zero-order valence-corrected chi connectivity index (χ0v) is 55.4. The Morgan fingerprint density at radius 3 is 1.00 bits per heavy atom. The predicted molar refractivity (Wildman–Crippen MR) is 331 cm³/mol. The minimum absolute atomic E-state index is 0.0160. The number of ether oxygens (including phenoxy) is 5. The van der Waals surface area contributed by atoms with Crippen LogP contribution in [-0.2, 0) is 47.7 Å². The molecule has 0 saturated heterocycles. The Balaban J connectivity index is 0.000000266. The van der Waals surface area contributed by atoms with Gasteiger partial charge in [-0.25, -0.2) is 0 Å². The smallest absolute Gasteiger partial charge is 0.311 e. The molecule has 7 fully saturated rings. The molecule has 0 amide bonds. The van der Waals surface area contributed by atoms with Crippen molar-refractivity contribution in [1.29, 1.82) is 0 Å². The summed E-state index contributed by atoms with van der Waals surface area (Å²) >= 11 is 0. The molecule has 7 aliphatic rings. The van der Waals surface area contributed by atoms with E-state index >= 15 is 0 Å². The summed E-state index contributed by atoms with van der Waals surface area (Å²) in [4.78, 5) is 58.8. The maximum atomic E-state index is 11.8. The van der Waals surface area contributed by atoms with Crippen molar-refractivity contribution in [2.75, 3.05) is 33.0 Å². The lowest BCUT2D eigenvalue weighted by Gasteiger charge is -2.25. The minimum Gasteiger partial charge on any atom is -0.465 e. The fraction of sp³-hybridized carbons (Fsp3) is 0.930. The SMILES string of the molecule is CCC(C)(C)C(=O)OCC1CC2CCC1C2.CCC(C)(C)C(=O)OCC1CCCCC1.CCC(C)(C)C(=O)OCCC1CC2CCC1C2.CCC(C)(C)C(=O)OCCC1CCCCC1.CCC(C)(C)C(=O)OCCCC1CCCCC1. The number of esters is 5. The van der Waals surface area contributed by atoms with Crippen LogP contribution in [0.3, 0.4) is 0 Å². The van der Waals surface area contributed by atoms with Gasteiger partial charge in [0.25, 0.3) is 0 Å². The highest BCUT2D eigenvalue weighted by molar-refractivity contribution is 5.77. The Morgan fingerprint density at radius 2 is 0.642 bits per heavy atom. The van der Waals surface area contributed by atoms with Crippen molar-refractivity contribution in [3.05, 3.63) is 0 Å². The molecule has 6 unspecified atom stereocenters. The van der Waals surface area contributed by atoms with Gasteiger partial charge in [0.15, 0.2) is 0 Å². The average molecular weight is 1140 g/mol. The summed E-state index contributed by atoms with van der Waals surface area (Å²) in [6.45, 7) is 32.9. The number of carbonyl (C=O) groups is 5. The van der Waals surface area contributed by atoms with Crippen molar-refractivity contribution in [2.24, 2.45) is 80.3 Å². The second kappa shape index (κ2) is 36.4. The van der Waals surface area contributed by atoms with Crippen LogP contribution in [0.1, 0.15) is 309 Å². The largest absolute Gasteiger partial charge is 0.465 e. The van der Waals surface area contributed by atoms with Crippen molar-refractivity contribution in [3.8, 4) is 0 Å². The molecule has 6 atom stereocenters. The molecular weight excluding hydrogens is 1010 g/mol. The Morgan fingerprint density at radius 1 is 0.321 bits per heavy atom. The van der Waals surface area contributed by atoms with Crippen LogP contribution in [0, 0.1) is 80.3 Å². The monoisotopic (exact) mass is 1140 g/mol. The van der Waals surface area contributed by atoms with Gasteiger partial charge < -0.3 is 23.7 Å². The van der Waals surface area contributed by atoms with Gasteiger partial charge >= 0.3 is 29.8 Å². The highest BCUT2D eigenvalue weighted by Gasteiger charge is 2.41. The van der Waals surface area contributed by atoms with Crippen LogP contribution in [0.5, 0.6) is 0 Å². The third kappa shape index (κ3) is 26.2. The fourth-order valence-electron chi connectivity index (χ4n) is 12.8. The van der Waals surface area contributed by atoms with Gasteiger partial charge in [-0.1, -0.05) is 131 Å². The van der Waals surface area contributed by atoms with E-state index in [0.29, 0.717) is 44.9 Å². The molecule has 0 aliphatic heterocycles. The molecule has 0 spiro atoms. The van der Waals surface area contributed by atoms with Gasteiger partial charge in [-0.2, -0.15) is 0 Å². The van der Waals surface area contributed by atoms with Gasteiger partial charge in [0.1, 0.15) is 0 Å². The number of carbonyl (C=O) groups excluding carboxylic acids is 5. The van der Waals surface area contributed by atoms with Crippen LogP contribution in [0.4, 0.5) is 0 Å². The minimum atomic E-state index is -0.315. The quantitative estimate of drug-likeness (QED) is 0.0523. The van der Waals surface area contributed by atoms with Crippen LogP contribution in [0.2, 0.25) is 0 Å². The molecule has 0 aromatic rings. The summed E-state index contributed by atoms with van der Waals surface area (Å²) in [7, 11) is 0. The van der Waals surface area contributed by atoms with Crippen molar-refractivity contribution < 1.29 is 47.7 Å². The van der Waals surface area contributed by atoms with E-state index < -0.39 is 0 Å². The van der Waals surface area contributed by atoms with Gasteiger partial charge in [-0.15, -0.1) is 0 Å². The number of hydrogen-bond donors (Lipinski definition) is 0. The Kier molecular flexibility index (Phi) is 32.6. The van der Waals surface area contributed by atoms with Crippen LogP contribution in [-0.4, -0.2) is 62.9 Å².